The standard InChI is InChI=1S/C18H22ClN3O4/c1-4-5-10-22-12(2)16(17(24)21(3)18(22)25)20-15(23)11-26-14-8-6-13(19)7-9-14/h6-9H,4-5,10-11H2,1-3H3,(H,20,23). The molecule has 1 N–H and O–H groups in total. The number of nitrogens with one attached hydrogen (secondary N) is 1. The monoisotopic (exact) mass is 379 g/mol. The van der Waals surface area contributed by atoms with Gasteiger partial charge in [-0.3, -0.25) is 18.7 Å². The zero-order valence-electron chi connectivity index (χ0n) is 15.0. The summed E-state index contributed by atoms with van der Waals surface area (Å²) in [4.78, 5) is 36.8. The van der Waals surface area contributed by atoms with Crippen LogP contribution in [0.1, 0.15) is 25.5 Å². The van der Waals surface area contributed by atoms with Gasteiger partial charge in [-0.15, -0.1) is 0 Å². The molecule has 2 aromatic rings. The van der Waals surface area contributed by atoms with E-state index in [0.717, 1.165) is 17.4 Å². The fourth-order valence-corrected chi connectivity index (χ4v) is 2.57. The van der Waals surface area contributed by atoms with E-state index in [2.05, 4.69) is 5.32 Å². The molecule has 0 radical (unpaired) electrons. The van der Waals surface area contributed by atoms with Gasteiger partial charge < -0.3 is 10.1 Å². The molecule has 0 saturated heterocycles. The average molecular weight is 380 g/mol. The second kappa shape index (κ2) is 8.71. The second-order valence-electron chi connectivity index (χ2n) is 5.90. The van der Waals surface area contributed by atoms with Gasteiger partial charge in [-0.05, 0) is 37.6 Å². The van der Waals surface area contributed by atoms with Gasteiger partial charge in [-0.25, -0.2) is 4.79 Å². The Morgan fingerprint density at radius 3 is 2.50 bits per heavy atom. The van der Waals surface area contributed by atoms with Crippen molar-refractivity contribution < 1.29 is 9.53 Å². The summed E-state index contributed by atoms with van der Waals surface area (Å²) in [5, 5.41) is 3.13. The van der Waals surface area contributed by atoms with E-state index in [0.29, 0.717) is 23.0 Å². The van der Waals surface area contributed by atoms with Gasteiger partial charge in [0.05, 0.1) is 0 Å². The van der Waals surface area contributed by atoms with Crippen LogP contribution in [-0.4, -0.2) is 21.6 Å². The van der Waals surface area contributed by atoms with Gasteiger partial charge in [0.15, 0.2) is 6.61 Å². The maximum absolute atomic E-state index is 12.4. The first-order chi connectivity index (χ1) is 12.3. The van der Waals surface area contributed by atoms with E-state index in [1.807, 2.05) is 6.92 Å². The van der Waals surface area contributed by atoms with Crippen LogP contribution >= 0.6 is 11.6 Å². The SMILES string of the molecule is CCCCn1c(C)c(NC(=O)COc2ccc(Cl)cc2)c(=O)n(C)c1=O. The first kappa shape index (κ1) is 19.8. The van der Waals surface area contributed by atoms with E-state index in [-0.39, 0.29) is 12.3 Å². The Morgan fingerprint density at radius 1 is 1.23 bits per heavy atom. The lowest BCUT2D eigenvalue weighted by Crippen LogP contribution is -2.41. The quantitative estimate of drug-likeness (QED) is 0.800. The molecule has 0 aliphatic rings. The van der Waals surface area contributed by atoms with E-state index >= 15 is 0 Å². The maximum atomic E-state index is 12.4. The number of carbonyl (C=O) groups is 1. The van der Waals surface area contributed by atoms with Gasteiger partial charge in [0.25, 0.3) is 11.5 Å². The van der Waals surface area contributed by atoms with Gasteiger partial charge in [-0.2, -0.15) is 0 Å². The summed E-state index contributed by atoms with van der Waals surface area (Å²) in [6, 6.07) is 6.59. The first-order valence-electron chi connectivity index (χ1n) is 8.33. The van der Waals surface area contributed by atoms with Crippen molar-refractivity contribution in [2.24, 2.45) is 7.05 Å². The summed E-state index contributed by atoms with van der Waals surface area (Å²) in [5.41, 5.74) is -0.407. The van der Waals surface area contributed by atoms with Crippen molar-refractivity contribution in [3.63, 3.8) is 0 Å². The Morgan fingerprint density at radius 2 is 1.88 bits per heavy atom. The Balaban J connectivity index is 2.18. The minimum atomic E-state index is -0.542. The first-order valence-corrected chi connectivity index (χ1v) is 8.71. The summed E-state index contributed by atoms with van der Waals surface area (Å²) >= 11 is 5.80. The van der Waals surface area contributed by atoms with Crippen molar-refractivity contribution in [1.82, 2.24) is 9.13 Å². The summed E-state index contributed by atoms with van der Waals surface area (Å²) in [6.07, 6.45) is 1.71. The molecule has 2 rings (SSSR count). The Bertz CT molecular complexity index is 900. The van der Waals surface area contributed by atoms with Crippen LogP contribution in [0.2, 0.25) is 5.02 Å². The molecule has 26 heavy (non-hydrogen) atoms. The lowest BCUT2D eigenvalue weighted by atomic mass is 10.3. The van der Waals surface area contributed by atoms with E-state index in [9.17, 15) is 14.4 Å². The molecule has 0 fully saturated rings. The fourth-order valence-electron chi connectivity index (χ4n) is 2.45. The molecule has 8 heteroatoms. The van der Waals surface area contributed by atoms with Gasteiger partial charge in [-0.1, -0.05) is 24.9 Å². The number of amides is 1. The number of unbranched alkanes of at least 4 members (excludes halogenated alkanes) is 1. The van der Waals surface area contributed by atoms with Crippen LogP contribution in [0, 0.1) is 6.92 Å². The summed E-state index contributed by atoms with van der Waals surface area (Å²) in [6.45, 7) is 3.88. The zero-order chi connectivity index (χ0) is 19.3. The third kappa shape index (κ3) is 4.54. The lowest BCUT2D eigenvalue weighted by Gasteiger charge is -2.16. The number of carbonyl (C=O) groups excluding carboxylic acids is 1. The van der Waals surface area contributed by atoms with E-state index in [1.54, 1.807) is 31.2 Å². The highest BCUT2D eigenvalue weighted by Gasteiger charge is 2.16. The topological polar surface area (TPSA) is 82.3 Å². The molecule has 0 spiro atoms. The average Bonchev–Trinajstić information content (AvgIpc) is 2.63. The number of benzene rings is 1. The normalized spacial score (nSPS) is 10.6. The molecule has 0 atom stereocenters. The number of rotatable bonds is 7. The minimum Gasteiger partial charge on any atom is -0.484 e. The van der Waals surface area contributed by atoms with Crippen LogP contribution in [0.4, 0.5) is 5.69 Å². The van der Waals surface area contributed by atoms with Crippen LogP contribution in [-0.2, 0) is 18.4 Å². The molecule has 1 aromatic carbocycles. The molecule has 140 valence electrons. The zero-order valence-corrected chi connectivity index (χ0v) is 15.8. The molecule has 1 aromatic heterocycles. The highest BCUT2D eigenvalue weighted by molar-refractivity contribution is 6.30. The number of ether oxygens (including phenoxy) is 1. The highest BCUT2D eigenvalue weighted by Crippen LogP contribution is 2.15. The van der Waals surface area contributed by atoms with Gasteiger partial charge in [0.1, 0.15) is 11.4 Å². The summed E-state index contributed by atoms with van der Waals surface area (Å²) < 4.78 is 7.87. The van der Waals surface area contributed by atoms with Crippen LogP contribution in [0.5, 0.6) is 5.75 Å². The molecule has 1 heterocycles. The van der Waals surface area contributed by atoms with Crippen LogP contribution in [0.25, 0.3) is 0 Å². The van der Waals surface area contributed by atoms with E-state index in [4.69, 9.17) is 16.3 Å². The maximum Gasteiger partial charge on any atom is 0.331 e. The molecule has 0 saturated carbocycles. The number of aromatic nitrogens is 2. The second-order valence-corrected chi connectivity index (χ2v) is 6.34. The Kier molecular flexibility index (Phi) is 6.63. The number of nitrogens with zero attached hydrogens (tertiary/aromatic N) is 2. The molecule has 0 aliphatic carbocycles. The molecule has 0 aliphatic heterocycles. The van der Waals surface area contributed by atoms with Gasteiger partial charge >= 0.3 is 5.69 Å². The van der Waals surface area contributed by atoms with Crippen LogP contribution in [0.3, 0.4) is 0 Å². The molecule has 1 amide bonds. The smallest absolute Gasteiger partial charge is 0.331 e. The van der Waals surface area contributed by atoms with Gasteiger partial charge in [0.2, 0.25) is 0 Å². The van der Waals surface area contributed by atoms with Crippen LogP contribution in [0.15, 0.2) is 33.9 Å². The highest BCUT2D eigenvalue weighted by atomic mass is 35.5. The van der Waals surface area contributed by atoms with Crippen molar-refractivity contribution in [3.05, 3.63) is 55.8 Å². The number of hydrogen-bond acceptors (Lipinski definition) is 4. The third-order valence-corrected chi connectivity index (χ3v) is 4.24. The number of hydrogen-bond donors (Lipinski definition) is 1. The Hall–Kier alpha value is -2.54. The van der Waals surface area contributed by atoms with E-state index in [1.165, 1.54) is 11.6 Å². The van der Waals surface area contributed by atoms with Gasteiger partial charge in [0, 0.05) is 24.3 Å². The van der Waals surface area contributed by atoms with E-state index < -0.39 is 17.2 Å². The predicted molar refractivity (Wildman–Crippen MR) is 101 cm³/mol. The number of anilines is 1. The molecule has 7 nitrogen and oxygen atoms in total. The van der Waals surface area contributed by atoms with Crippen LogP contribution < -0.4 is 21.3 Å². The summed E-state index contributed by atoms with van der Waals surface area (Å²) in [7, 11) is 1.40. The van der Waals surface area contributed by atoms with Crippen molar-refractivity contribution >= 4 is 23.2 Å². The van der Waals surface area contributed by atoms with Crippen molar-refractivity contribution in [2.45, 2.75) is 33.2 Å². The van der Waals surface area contributed by atoms with Crippen molar-refractivity contribution in [1.29, 1.82) is 0 Å². The predicted octanol–water partition coefficient (Wildman–Crippen LogP) is 2.33. The molecule has 0 unspecified atom stereocenters. The molecular weight excluding hydrogens is 358 g/mol. The summed E-state index contributed by atoms with van der Waals surface area (Å²) in [5.74, 6) is 0.00271. The molecule has 0 bridgehead atoms. The fraction of sp³-hybridized carbons (Fsp3) is 0.389. The van der Waals surface area contributed by atoms with Crippen molar-refractivity contribution in [3.8, 4) is 5.75 Å². The Labute approximate surface area is 156 Å². The lowest BCUT2D eigenvalue weighted by molar-refractivity contribution is -0.118. The number of halogens is 1. The minimum absolute atomic E-state index is 0.0907. The van der Waals surface area contributed by atoms with Crippen molar-refractivity contribution in [2.75, 3.05) is 11.9 Å². The molecular formula is C18H22ClN3O4. The largest absolute Gasteiger partial charge is 0.484 e. The third-order valence-electron chi connectivity index (χ3n) is 3.99.